The lowest BCUT2D eigenvalue weighted by Crippen LogP contribution is -2.48. The van der Waals surface area contributed by atoms with E-state index in [4.69, 9.17) is 0 Å². The van der Waals surface area contributed by atoms with Crippen LogP contribution in [0.5, 0.6) is 0 Å². The van der Waals surface area contributed by atoms with Crippen molar-refractivity contribution in [3.05, 3.63) is 51.5 Å². The highest BCUT2D eigenvalue weighted by Crippen LogP contribution is 2.33. The molecule has 1 fully saturated rings. The molecule has 2 aliphatic rings. The van der Waals surface area contributed by atoms with E-state index in [-0.39, 0.29) is 18.1 Å². The second kappa shape index (κ2) is 7.26. The van der Waals surface area contributed by atoms with Gasteiger partial charge in [0.25, 0.3) is 5.91 Å². The van der Waals surface area contributed by atoms with Crippen LogP contribution in [0, 0.1) is 5.92 Å². The first-order chi connectivity index (χ1) is 12.2. The van der Waals surface area contributed by atoms with Crippen molar-refractivity contribution in [1.29, 1.82) is 0 Å². The number of aliphatic hydroxyl groups excluding tert-OH is 1. The van der Waals surface area contributed by atoms with Gasteiger partial charge < -0.3 is 10.4 Å². The summed E-state index contributed by atoms with van der Waals surface area (Å²) in [5.74, 6) is 0.404. The first-order valence-corrected chi connectivity index (χ1v) is 10.1. The second-order valence-electron chi connectivity index (χ2n) is 7.28. The van der Waals surface area contributed by atoms with Gasteiger partial charge in [-0.05, 0) is 74.1 Å². The lowest BCUT2D eigenvalue weighted by Gasteiger charge is -2.38. The summed E-state index contributed by atoms with van der Waals surface area (Å²) < 4.78 is 0. The molecule has 1 atom stereocenters. The number of pyridine rings is 1. The number of hydrogen-bond donors (Lipinski definition) is 2. The van der Waals surface area contributed by atoms with Crippen LogP contribution in [0.1, 0.15) is 52.0 Å². The number of nitrogens with zero attached hydrogens (tertiary/aromatic N) is 1. The number of nitrogens with one attached hydrogen (secondary N) is 1. The van der Waals surface area contributed by atoms with Crippen molar-refractivity contribution in [2.24, 2.45) is 5.92 Å². The number of rotatable bonds is 5. The zero-order chi connectivity index (χ0) is 17.2. The molecule has 2 aromatic rings. The Bertz CT molecular complexity index is 737. The number of hydrogen-bond acceptors (Lipinski definition) is 4. The summed E-state index contributed by atoms with van der Waals surface area (Å²) >= 11 is 1.73. The minimum atomic E-state index is -0.212. The van der Waals surface area contributed by atoms with Crippen molar-refractivity contribution in [3.8, 4) is 0 Å². The van der Waals surface area contributed by atoms with Crippen LogP contribution in [0.15, 0.2) is 29.9 Å². The Morgan fingerprint density at radius 3 is 2.80 bits per heavy atom. The number of fused-ring (bicyclic) bond motifs is 1. The normalized spacial score (nSPS) is 23.4. The van der Waals surface area contributed by atoms with Crippen LogP contribution in [-0.4, -0.2) is 28.1 Å². The summed E-state index contributed by atoms with van der Waals surface area (Å²) in [6, 6.07) is 4.07. The highest BCUT2D eigenvalue weighted by Gasteiger charge is 2.35. The van der Waals surface area contributed by atoms with Gasteiger partial charge in [0.2, 0.25) is 0 Å². The maximum absolute atomic E-state index is 12.9. The van der Waals surface area contributed by atoms with Crippen LogP contribution in [0.4, 0.5) is 0 Å². The molecule has 2 aromatic heterocycles. The van der Waals surface area contributed by atoms with Crippen LogP contribution in [-0.2, 0) is 19.3 Å². The van der Waals surface area contributed by atoms with Gasteiger partial charge in [0, 0.05) is 28.7 Å². The third kappa shape index (κ3) is 3.62. The van der Waals surface area contributed by atoms with Gasteiger partial charge in [0.05, 0.1) is 11.7 Å². The smallest absolute Gasteiger partial charge is 0.252 e. The Hall–Kier alpha value is -1.72. The lowest BCUT2D eigenvalue weighted by molar-refractivity contribution is 0.0239. The molecule has 2 aliphatic carbocycles. The van der Waals surface area contributed by atoms with Crippen molar-refractivity contribution in [3.63, 3.8) is 0 Å². The summed E-state index contributed by atoms with van der Waals surface area (Å²) in [5, 5.41) is 15.0. The fraction of sp³-hybridized carbons (Fsp3) is 0.500. The molecule has 0 unspecified atom stereocenters. The minimum absolute atomic E-state index is 0.0554. The molecule has 2 heterocycles. The molecule has 0 spiro atoms. The van der Waals surface area contributed by atoms with Gasteiger partial charge in [-0.25, -0.2) is 0 Å². The molecule has 0 bridgehead atoms. The van der Waals surface area contributed by atoms with Crippen LogP contribution in [0.25, 0.3) is 0 Å². The fourth-order valence-electron chi connectivity index (χ4n) is 4.00. The van der Waals surface area contributed by atoms with E-state index in [1.54, 1.807) is 23.7 Å². The zero-order valence-corrected chi connectivity index (χ0v) is 15.1. The molecule has 5 heteroatoms. The summed E-state index contributed by atoms with van der Waals surface area (Å²) in [6.45, 7) is 0. The maximum atomic E-state index is 12.9. The molecule has 132 valence electrons. The largest absolute Gasteiger partial charge is 0.393 e. The number of thiophene rings is 1. The van der Waals surface area contributed by atoms with Gasteiger partial charge in [0.15, 0.2) is 0 Å². The average Bonchev–Trinajstić information content (AvgIpc) is 3.03. The van der Waals surface area contributed by atoms with E-state index < -0.39 is 0 Å². The summed E-state index contributed by atoms with van der Waals surface area (Å²) in [7, 11) is 0. The highest BCUT2D eigenvalue weighted by atomic mass is 32.1. The molecule has 0 aliphatic heterocycles. The standard InChI is InChI=1S/C20H24N2O2S/c23-15-10-14(11-15)18(9-13-5-7-21-8-6-13)22-20(24)17-12-25-19-4-2-1-3-16(17)19/h5-8,12,14-15,18,23H,1-4,9-11H2,(H,22,24)/t14?,15?,18-/m1/s1. The average molecular weight is 356 g/mol. The predicted octanol–water partition coefficient (Wildman–Crippen LogP) is 3.13. The number of aliphatic hydroxyl groups is 1. The molecule has 0 saturated heterocycles. The number of aromatic nitrogens is 1. The van der Waals surface area contributed by atoms with Gasteiger partial charge in [-0.3, -0.25) is 9.78 Å². The number of carbonyl (C=O) groups excluding carboxylic acids is 1. The Balaban J connectivity index is 1.50. The molecule has 2 N–H and O–H groups in total. The first kappa shape index (κ1) is 16.7. The maximum Gasteiger partial charge on any atom is 0.252 e. The second-order valence-corrected chi connectivity index (χ2v) is 8.25. The number of amides is 1. The molecule has 25 heavy (non-hydrogen) atoms. The predicted molar refractivity (Wildman–Crippen MR) is 98.9 cm³/mol. The van der Waals surface area contributed by atoms with Crippen molar-refractivity contribution >= 4 is 17.2 Å². The van der Waals surface area contributed by atoms with Gasteiger partial charge >= 0.3 is 0 Å². The molecule has 0 radical (unpaired) electrons. The van der Waals surface area contributed by atoms with Crippen molar-refractivity contribution in [2.75, 3.05) is 0 Å². The topological polar surface area (TPSA) is 62.2 Å². The quantitative estimate of drug-likeness (QED) is 0.865. The molecular formula is C20H24N2O2S. The molecule has 4 nitrogen and oxygen atoms in total. The van der Waals surface area contributed by atoms with E-state index in [1.165, 1.54) is 28.8 Å². The van der Waals surface area contributed by atoms with Crippen LogP contribution < -0.4 is 5.32 Å². The van der Waals surface area contributed by atoms with Gasteiger partial charge in [-0.15, -0.1) is 11.3 Å². The summed E-state index contributed by atoms with van der Waals surface area (Å²) in [6.07, 6.45) is 10.3. The van der Waals surface area contributed by atoms with Gasteiger partial charge in [0.1, 0.15) is 0 Å². The van der Waals surface area contributed by atoms with Gasteiger partial charge in [-0.1, -0.05) is 0 Å². The highest BCUT2D eigenvalue weighted by molar-refractivity contribution is 7.10. The Labute approximate surface area is 152 Å². The number of carbonyl (C=O) groups is 1. The Morgan fingerprint density at radius 2 is 2.04 bits per heavy atom. The van der Waals surface area contributed by atoms with E-state index >= 15 is 0 Å². The third-order valence-corrected chi connectivity index (χ3v) is 6.63. The molecular weight excluding hydrogens is 332 g/mol. The molecule has 1 amide bonds. The van der Waals surface area contributed by atoms with E-state index in [1.807, 2.05) is 17.5 Å². The first-order valence-electron chi connectivity index (χ1n) is 9.18. The van der Waals surface area contributed by atoms with Crippen molar-refractivity contribution in [2.45, 2.75) is 57.1 Å². The van der Waals surface area contributed by atoms with Crippen molar-refractivity contribution in [1.82, 2.24) is 10.3 Å². The van der Waals surface area contributed by atoms with Crippen LogP contribution in [0.2, 0.25) is 0 Å². The van der Waals surface area contributed by atoms with Crippen LogP contribution in [0.3, 0.4) is 0 Å². The summed E-state index contributed by atoms with van der Waals surface area (Å²) in [4.78, 5) is 18.4. The molecule has 0 aromatic carbocycles. The van der Waals surface area contributed by atoms with E-state index in [0.29, 0.717) is 5.92 Å². The molecule has 4 rings (SSSR count). The third-order valence-electron chi connectivity index (χ3n) is 5.55. The zero-order valence-electron chi connectivity index (χ0n) is 14.3. The van der Waals surface area contributed by atoms with Crippen molar-refractivity contribution < 1.29 is 9.90 Å². The summed E-state index contributed by atoms with van der Waals surface area (Å²) in [5.41, 5.74) is 3.32. The van der Waals surface area contributed by atoms with E-state index in [2.05, 4.69) is 10.3 Å². The monoisotopic (exact) mass is 356 g/mol. The number of aryl methyl sites for hydroxylation is 1. The lowest BCUT2D eigenvalue weighted by atomic mass is 9.75. The van der Waals surface area contributed by atoms with Crippen LogP contribution >= 0.6 is 11.3 Å². The fourth-order valence-corrected chi connectivity index (χ4v) is 5.12. The minimum Gasteiger partial charge on any atom is -0.393 e. The Morgan fingerprint density at radius 1 is 1.28 bits per heavy atom. The Kier molecular flexibility index (Phi) is 4.86. The van der Waals surface area contributed by atoms with E-state index in [9.17, 15) is 9.90 Å². The van der Waals surface area contributed by atoms with E-state index in [0.717, 1.165) is 37.7 Å². The van der Waals surface area contributed by atoms with Gasteiger partial charge in [-0.2, -0.15) is 0 Å². The molecule has 1 saturated carbocycles. The SMILES string of the molecule is O=C(N[C@H](Cc1ccncc1)C1CC(O)C1)c1csc2c1CCCC2.